The van der Waals surface area contributed by atoms with E-state index in [9.17, 15) is 23.3 Å². The first-order valence-electron chi connectivity index (χ1n) is 9.55. The van der Waals surface area contributed by atoms with Crippen LogP contribution in [0.3, 0.4) is 0 Å². The van der Waals surface area contributed by atoms with Crippen molar-refractivity contribution in [2.75, 3.05) is 16.7 Å². The Morgan fingerprint density at radius 3 is 2.22 bits per heavy atom. The third kappa shape index (κ3) is 5.03. The highest BCUT2D eigenvalue weighted by molar-refractivity contribution is 7.92. The number of nitro groups is 1. The van der Waals surface area contributed by atoms with Crippen LogP contribution in [0.25, 0.3) is 0 Å². The number of nitro benzene ring substituents is 1. The number of sulfonamides is 1. The molecule has 3 aromatic rings. The minimum absolute atomic E-state index is 0.0226. The maximum absolute atomic E-state index is 12.8. The fraction of sp³-hybridized carbons (Fsp3) is 0.136. The summed E-state index contributed by atoms with van der Waals surface area (Å²) in [5.41, 5.74) is 0.629. The first-order chi connectivity index (χ1) is 15.2. The Balaban J connectivity index is 1.69. The summed E-state index contributed by atoms with van der Waals surface area (Å²) >= 11 is 0. The zero-order valence-corrected chi connectivity index (χ0v) is 18.2. The van der Waals surface area contributed by atoms with E-state index in [4.69, 9.17) is 4.74 Å². The molecular weight excluding hydrogens is 434 g/mol. The molecule has 0 radical (unpaired) electrons. The van der Waals surface area contributed by atoms with Crippen molar-refractivity contribution in [1.82, 2.24) is 0 Å². The minimum Gasteiger partial charge on any atom is -0.474 e. The lowest BCUT2D eigenvalue weighted by molar-refractivity contribution is -0.386. The number of anilines is 2. The number of nitrogens with zero attached hydrogens (tertiary/aromatic N) is 2. The van der Waals surface area contributed by atoms with E-state index in [0.29, 0.717) is 11.4 Å². The van der Waals surface area contributed by atoms with Gasteiger partial charge >= 0.3 is 5.69 Å². The highest BCUT2D eigenvalue weighted by atomic mass is 32.2. The fourth-order valence-corrected chi connectivity index (χ4v) is 4.04. The molecular formula is C22H21N3O6S. The van der Waals surface area contributed by atoms with E-state index < -0.39 is 27.0 Å². The van der Waals surface area contributed by atoms with Crippen LogP contribution in [0.1, 0.15) is 6.92 Å². The molecule has 3 rings (SSSR count). The van der Waals surface area contributed by atoms with Gasteiger partial charge in [0.15, 0.2) is 11.9 Å². The second-order valence-electron chi connectivity index (χ2n) is 6.81. The van der Waals surface area contributed by atoms with Gasteiger partial charge in [0, 0.05) is 18.8 Å². The number of ether oxygens (including phenoxy) is 1. The Morgan fingerprint density at radius 1 is 1.00 bits per heavy atom. The van der Waals surface area contributed by atoms with Crippen molar-refractivity contribution in [3.63, 3.8) is 0 Å². The molecule has 166 valence electrons. The number of benzene rings is 3. The predicted molar refractivity (Wildman–Crippen MR) is 120 cm³/mol. The van der Waals surface area contributed by atoms with Crippen molar-refractivity contribution in [2.45, 2.75) is 17.9 Å². The van der Waals surface area contributed by atoms with Gasteiger partial charge in [-0.2, -0.15) is 0 Å². The van der Waals surface area contributed by atoms with E-state index in [-0.39, 0.29) is 16.3 Å². The molecule has 1 unspecified atom stereocenters. The van der Waals surface area contributed by atoms with E-state index in [2.05, 4.69) is 5.32 Å². The van der Waals surface area contributed by atoms with Crippen LogP contribution in [-0.4, -0.2) is 32.4 Å². The summed E-state index contributed by atoms with van der Waals surface area (Å²) in [7, 11) is -2.31. The van der Waals surface area contributed by atoms with Gasteiger partial charge in [0.25, 0.3) is 15.9 Å². The van der Waals surface area contributed by atoms with Crippen LogP contribution >= 0.6 is 0 Å². The van der Waals surface area contributed by atoms with Crippen LogP contribution in [0.4, 0.5) is 17.1 Å². The third-order valence-electron chi connectivity index (χ3n) is 4.63. The summed E-state index contributed by atoms with van der Waals surface area (Å²) in [5, 5.41) is 13.7. The molecule has 0 saturated heterocycles. The van der Waals surface area contributed by atoms with Crippen LogP contribution in [0.2, 0.25) is 0 Å². The maximum atomic E-state index is 12.8. The molecule has 0 aliphatic rings. The number of para-hydroxylation sites is 3. The van der Waals surface area contributed by atoms with Crippen molar-refractivity contribution in [3.8, 4) is 5.75 Å². The van der Waals surface area contributed by atoms with Crippen molar-refractivity contribution in [3.05, 3.63) is 89.0 Å². The van der Waals surface area contributed by atoms with Gasteiger partial charge in [-0.3, -0.25) is 19.2 Å². The van der Waals surface area contributed by atoms with Crippen LogP contribution in [0.5, 0.6) is 5.75 Å². The van der Waals surface area contributed by atoms with Crippen molar-refractivity contribution in [1.29, 1.82) is 0 Å². The average molecular weight is 455 g/mol. The first kappa shape index (κ1) is 22.8. The van der Waals surface area contributed by atoms with Crippen molar-refractivity contribution < 1.29 is 22.9 Å². The van der Waals surface area contributed by atoms with Crippen LogP contribution in [0.15, 0.2) is 83.8 Å². The Morgan fingerprint density at radius 2 is 1.59 bits per heavy atom. The maximum Gasteiger partial charge on any atom is 0.310 e. The van der Waals surface area contributed by atoms with Crippen LogP contribution in [0, 0.1) is 10.1 Å². The Kier molecular flexibility index (Phi) is 6.74. The smallest absolute Gasteiger partial charge is 0.310 e. The van der Waals surface area contributed by atoms with Gasteiger partial charge in [0.05, 0.1) is 15.5 Å². The molecule has 1 amide bonds. The van der Waals surface area contributed by atoms with Crippen LogP contribution < -0.4 is 14.4 Å². The van der Waals surface area contributed by atoms with E-state index in [1.165, 1.54) is 60.7 Å². The number of nitrogens with one attached hydrogen (secondary N) is 1. The van der Waals surface area contributed by atoms with Crippen molar-refractivity contribution >= 4 is 33.0 Å². The summed E-state index contributed by atoms with van der Waals surface area (Å²) in [6.07, 6.45) is -1.02. The SMILES string of the molecule is CC(Oc1ccccc1[N+](=O)[O-])C(=O)Nc1ccc(S(=O)(=O)N(C)c2ccccc2)cc1. The highest BCUT2D eigenvalue weighted by Crippen LogP contribution is 2.27. The Hall–Kier alpha value is -3.92. The molecule has 10 heteroatoms. The lowest BCUT2D eigenvalue weighted by atomic mass is 10.2. The lowest BCUT2D eigenvalue weighted by Gasteiger charge is -2.19. The number of hydrogen-bond donors (Lipinski definition) is 1. The normalized spacial score (nSPS) is 11.9. The molecule has 0 aliphatic heterocycles. The minimum atomic E-state index is -3.78. The number of carbonyl (C=O) groups is 1. The van der Waals surface area contributed by atoms with Gasteiger partial charge in [-0.25, -0.2) is 8.42 Å². The fourth-order valence-electron chi connectivity index (χ4n) is 2.84. The second-order valence-corrected chi connectivity index (χ2v) is 8.78. The molecule has 0 spiro atoms. The number of rotatable bonds is 8. The molecule has 0 fully saturated rings. The predicted octanol–water partition coefficient (Wildman–Crippen LogP) is 3.83. The zero-order chi connectivity index (χ0) is 23.3. The molecule has 0 bridgehead atoms. The first-order valence-corrected chi connectivity index (χ1v) is 11.0. The van der Waals surface area contributed by atoms with Gasteiger partial charge in [0.1, 0.15) is 0 Å². The monoisotopic (exact) mass is 455 g/mol. The summed E-state index contributed by atoms with van der Waals surface area (Å²) < 4.78 is 32.3. The quantitative estimate of drug-likeness (QED) is 0.407. The van der Waals surface area contributed by atoms with E-state index >= 15 is 0 Å². The number of amides is 1. The highest BCUT2D eigenvalue weighted by Gasteiger charge is 2.23. The standard InChI is InChI=1S/C22H21N3O6S/c1-16(31-21-11-7-6-10-20(21)25(27)28)22(26)23-17-12-14-19(15-13-17)32(29,30)24(2)18-8-4-3-5-9-18/h3-16H,1-2H3,(H,23,26). The Labute approximate surface area is 185 Å². The van der Waals surface area contributed by atoms with Gasteiger partial charge in [-0.15, -0.1) is 0 Å². The van der Waals surface area contributed by atoms with Crippen LogP contribution in [-0.2, 0) is 14.8 Å². The van der Waals surface area contributed by atoms with Gasteiger partial charge in [-0.05, 0) is 49.4 Å². The summed E-state index contributed by atoms with van der Waals surface area (Å²) in [6, 6.07) is 20.1. The molecule has 32 heavy (non-hydrogen) atoms. The van der Waals surface area contributed by atoms with E-state index in [1.807, 2.05) is 0 Å². The zero-order valence-electron chi connectivity index (χ0n) is 17.3. The Bertz CT molecular complexity index is 1210. The largest absolute Gasteiger partial charge is 0.474 e. The molecule has 0 aromatic heterocycles. The van der Waals surface area contributed by atoms with Crippen molar-refractivity contribution in [2.24, 2.45) is 0 Å². The average Bonchev–Trinajstić information content (AvgIpc) is 2.79. The van der Waals surface area contributed by atoms with Gasteiger partial charge < -0.3 is 10.1 Å². The molecule has 3 aromatic carbocycles. The number of hydrogen-bond acceptors (Lipinski definition) is 6. The summed E-state index contributed by atoms with van der Waals surface area (Å²) in [6.45, 7) is 1.46. The van der Waals surface area contributed by atoms with Gasteiger partial charge in [-0.1, -0.05) is 30.3 Å². The molecule has 0 heterocycles. The molecule has 1 N–H and O–H groups in total. The lowest BCUT2D eigenvalue weighted by Crippen LogP contribution is -2.30. The van der Waals surface area contributed by atoms with E-state index in [0.717, 1.165) is 0 Å². The molecule has 9 nitrogen and oxygen atoms in total. The second kappa shape index (κ2) is 9.48. The summed E-state index contributed by atoms with van der Waals surface area (Å²) in [5.74, 6) is -0.564. The molecule has 0 saturated carbocycles. The topological polar surface area (TPSA) is 119 Å². The number of carbonyl (C=O) groups excluding carboxylic acids is 1. The summed E-state index contributed by atoms with van der Waals surface area (Å²) in [4.78, 5) is 23.0. The van der Waals surface area contributed by atoms with E-state index in [1.54, 1.807) is 36.4 Å². The molecule has 1 atom stereocenters. The third-order valence-corrected chi connectivity index (χ3v) is 6.43. The molecule has 0 aliphatic carbocycles. The van der Waals surface area contributed by atoms with Gasteiger partial charge in [0.2, 0.25) is 0 Å².